The molecule has 0 fully saturated rings. The topological polar surface area (TPSA) is 69.6 Å². The van der Waals surface area contributed by atoms with Crippen LogP contribution in [0.4, 0.5) is 0 Å². The van der Waals surface area contributed by atoms with Gasteiger partial charge in [0.05, 0.1) is 0 Å². The maximum atomic E-state index is 10.9. The molecule has 0 atom stereocenters. The minimum atomic E-state index is -0.622. The van der Waals surface area contributed by atoms with E-state index in [1.54, 1.807) is 6.92 Å². The van der Waals surface area contributed by atoms with Crippen molar-refractivity contribution in [2.45, 2.75) is 6.92 Å². The minimum Gasteiger partial charge on any atom is -0.508 e. The van der Waals surface area contributed by atoms with Gasteiger partial charge in [0.15, 0.2) is 0 Å². The lowest BCUT2D eigenvalue weighted by Crippen LogP contribution is -2.19. The molecule has 0 saturated heterocycles. The summed E-state index contributed by atoms with van der Waals surface area (Å²) in [5, 5.41) is 17.5. The first-order valence-electron chi connectivity index (χ1n) is 3.40. The lowest BCUT2D eigenvalue weighted by atomic mass is 10.1. The fourth-order valence-corrected chi connectivity index (χ4v) is 0.930. The van der Waals surface area contributed by atoms with Crippen molar-refractivity contribution in [2.75, 3.05) is 0 Å². The fourth-order valence-electron chi connectivity index (χ4n) is 0.930. The third-order valence-electron chi connectivity index (χ3n) is 1.65. The van der Waals surface area contributed by atoms with E-state index in [4.69, 9.17) is 5.21 Å². The number of hydrogen-bond acceptors (Lipinski definition) is 3. The molecular weight excluding hydrogens is 158 g/mol. The Morgan fingerprint density at radius 1 is 1.50 bits per heavy atom. The molecule has 0 spiro atoms. The molecule has 0 heterocycles. The lowest BCUT2D eigenvalue weighted by Gasteiger charge is -2.04. The zero-order valence-electron chi connectivity index (χ0n) is 6.53. The van der Waals surface area contributed by atoms with Crippen LogP contribution >= 0.6 is 0 Å². The van der Waals surface area contributed by atoms with Crippen molar-refractivity contribution in [1.29, 1.82) is 0 Å². The summed E-state index contributed by atoms with van der Waals surface area (Å²) in [6.07, 6.45) is 0. The number of benzene rings is 1. The highest BCUT2D eigenvalue weighted by atomic mass is 16.5. The van der Waals surface area contributed by atoms with Crippen LogP contribution in [0.15, 0.2) is 18.2 Å². The van der Waals surface area contributed by atoms with Crippen molar-refractivity contribution in [3.05, 3.63) is 29.3 Å². The fraction of sp³-hybridized carbons (Fsp3) is 0.125. The van der Waals surface area contributed by atoms with E-state index in [1.165, 1.54) is 23.7 Å². The van der Waals surface area contributed by atoms with Gasteiger partial charge in [-0.2, -0.15) is 0 Å². The third kappa shape index (κ3) is 1.38. The van der Waals surface area contributed by atoms with Crippen LogP contribution in [0.5, 0.6) is 5.75 Å². The molecule has 0 radical (unpaired) electrons. The van der Waals surface area contributed by atoms with Crippen LogP contribution < -0.4 is 5.48 Å². The van der Waals surface area contributed by atoms with Gasteiger partial charge >= 0.3 is 0 Å². The molecule has 12 heavy (non-hydrogen) atoms. The van der Waals surface area contributed by atoms with E-state index in [0.717, 1.165) is 0 Å². The molecule has 4 heteroatoms. The Morgan fingerprint density at radius 2 is 2.17 bits per heavy atom. The predicted molar refractivity (Wildman–Crippen MR) is 42.1 cm³/mol. The van der Waals surface area contributed by atoms with Crippen LogP contribution in [0.25, 0.3) is 0 Å². The van der Waals surface area contributed by atoms with Crippen LogP contribution in [-0.4, -0.2) is 16.2 Å². The summed E-state index contributed by atoms with van der Waals surface area (Å²) >= 11 is 0. The summed E-state index contributed by atoms with van der Waals surface area (Å²) in [6, 6.07) is 4.52. The monoisotopic (exact) mass is 167 g/mol. The molecule has 0 aliphatic rings. The standard InChI is InChI=1S/C8H9NO3/c1-5-6(8(11)9-12)3-2-4-7(5)10/h2-4,10,12H,1H3,(H,9,11). The highest BCUT2D eigenvalue weighted by molar-refractivity contribution is 5.95. The normalized spacial score (nSPS) is 9.50. The minimum absolute atomic E-state index is 0.0381. The molecule has 0 unspecified atom stereocenters. The number of carbonyl (C=O) groups excluding carboxylic acids is 1. The molecule has 64 valence electrons. The summed E-state index contributed by atoms with van der Waals surface area (Å²) < 4.78 is 0. The van der Waals surface area contributed by atoms with E-state index in [2.05, 4.69) is 0 Å². The second-order valence-electron chi connectivity index (χ2n) is 2.39. The summed E-state index contributed by atoms with van der Waals surface area (Å²) in [5.41, 5.74) is 2.21. The van der Waals surface area contributed by atoms with Crippen molar-refractivity contribution in [3.63, 3.8) is 0 Å². The number of phenolic OH excluding ortho intramolecular Hbond substituents is 1. The Balaban J connectivity index is 3.16. The molecule has 0 bridgehead atoms. The molecule has 0 aromatic heterocycles. The number of hydroxylamine groups is 1. The van der Waals surface area contributed by atoms with Gasteiger partial charge in [-0.3, -0.25) is 10.0 Å². The average molecular weight is 167 g/mol. The first-order chi connectivity index (χ1) is 5.66. The molecular formula is C8H9NO3. The number of amides is 1. The molecule has 0 aliphatic carbocycles. The molecule has 4 nitrogen and oxygen atoms in total. The predicted octanol–water partition coefficient (Wildman–Crippen LogP) is 0.820. The van der Waals surface area contributed by atoms with E-state index in [0.29, 0.717) is 5.56 Å². The first kappa shape index (κ1) is 8.55. The summed E-state index contributed by atoms with van der Waals surface area (Å²) in [7, 11) is 0. The Labute approximate surface area is 69.4 Å². The number of nitrogens with one attached hydrogen (secondary N) is 1. The molecule has 0 aliphatic heterocycles. The van der Waals surface area contributed by atoms with Gasteiger partial charge < -0.3 is 5.11 Å². The maximum Gasteiger partial charge on any atom is 0.275 e. The van der Waals surface area contributed by atoms with Crippen LogP contribution in [0.3, 0.4) is 0 Å². The van der Waals surface area contributed by atoms with Crippen molar-refractivity contribution in [2.24, 2.45) is 0 Å². The number of hydrogen-bond donors (Lipinski definition) is 3. The van der Waals surface area contributed by atoms with E-state index in [1.807, 2.05) is 0 Å². The van der Waals surface area contributed by atoms with Crippen LogP contribution in [0.1, 0.15) is 15.9 Å². The molecule has 3 N–H and O–H groups in total. The van der Waals surface area contributed by atoms with Crippen molar-refractivity contribution in [1.82, 2.24) is 5.48 Å². The average Bonchev–Trinajstić information content (AvgIpc) is 2.08. The first-order valence-corrected chi connectivity index (χ1v) is 3.40. The summed E-state index contributed by atoms with van der Waals surface area (Å²) in [6.45, 7) is 1.60. The van der Waals surface area contributed by atoms with Crippen LogP contribution in [0.2, 0.25) is 0 Å². The SMILES string of the molecule is Cc1c(O)cccc1C(=O)NO. The number of aromatic hydroxyl groups is 1. The van der Waals surface area contributed by atoms with Gasteiger partial charge in [-0.1, -0.05) is 6.07 Å². The molecule has 0 saturated carbocycles. The van der Waals surface area contributed by atoms with Gasteiger partial charge in [0.25, 0.3) is 5.91 Å². The highest BCUT2D eigenvalue weighted by Crippen LogP contribution is 2.18. The Kier molecular flexibility index (Phi) is 2.30. The second-order valence-corrected chi connectivity index (χ2v) is 2.39. The van der Waals surface area contributed by atoms with E-state index >= 15 is 0 Å². The van der Waals surface area contributed by atoms with E-state index in [-0.39, 0.29) is 11.3 Å². The van der Waals surface area contributed by atoms with Crippen LogP contribution in [-0.2, 0) is 0 Å². The smallest absolute Gasteiger partial charge is 0.275 e. The van der Waals surface area contributed by atoms with Crippen molar-refractivity contribution >= 4 is 5.91 Å². The molecule has 1 amide bonds. The largest absolute Gasteiger partial charge is 0.508 e. The van der Waals surface area contributed by atoms with E-state index in [9.17, 15) is 9.90 Å². The Bertz CT molecular complexity index is 309. The summed E-state index contributed by atoms with van der Waals surface area (Å²) in [5.74, 6) is -0.584. The number of phenols is 1. The lowest BCUT2D eigenvalue weighted by molar-refractivity contribution is 0.0705. The van der Waals surface area contributed by atoms with Crippen molar-refractivity contribution < 1.29 is 15.1 Å². The van der Waals surface area contributed by atoms with Gasteiger partial charge in [0.1, 0.15) is 5.75 Å². The van der Waals surface area contributed by atoms with Gasteiger partial charge in [-0.15, -0.1) is 0 Å². The zero-order chi connectivity index (χ0) is 9.14. The number of carbonyl (C=O) groups is 1. The van der Waals surface area contributed by atoms with Gasteiger partial charge in [-0.05, 0) is 19.1 Å². The Hall–Kier alpha value is -1.55. The quantitative estimate of drug-likeness (QED) is 0.428. The van der Waals surface area contributed by atoms with Crippen LogP contribution in [0, 0.1) is 6.92 Å². The zero-order valence-corrected chi connectivity index (χ0v) is 6.53. The molecule has 1 aromatic rings. The number of rotatable bonds is 1. The van der Waals surface area contributed by atoms with Gasteiger partial charge in [0, 0.05) is 11.1 Å². The molecule has 1 aromatic carbocycles. The van der Waals surface area contributed by atoms with E-state index < -0.39 is 5.91 Å². The molecule has 1 rings (SSSR count). The summed E-state index contributed by atoms with van der Waals surface area (Å²) in [4.78, 5) is 10.9. The van der Waals surface area contributed by atoms with Gasteiger partial charge in [-0.25, -0.2) is 5.48 Å². The van der Waals surface area contributed by atoms with Crippen molar-refractivity contribution in [3.8, 4) is 5.75 Å². The second kappa shape index (κ2) is 3.23. The maximum absolute atomic E-state index is 10.9. The Morgan fingerprint density at radius 3 is 2.75 bits per heavy atom. The third-order valence-corrected chi connectivity index (χ3v) is 1.65. The highest BCUT2D eigenvalue weighted by Gasteiger charge is 2.09. The van der Waals surface area contributed by atoms with Gasteiger partial charge in [0.2, 0.25) is 0 Å².